The zero-order valence-electron chi connectivity index (χ0n) is 8.42. The first kappa shape index (κ1) is 8.86. The summed E-state index contributed by atoms with van der Waals surface area (Å²) in [4.78, 5) is 0. The van der Waals surface area contributed by atoms with E-state index < -0.39 is 0 Å². The Morgan fingerprint density at radius 1 is 1.29 bits per heavy atom. The van der Waals surface area contributed by atoms with Crippen LogP contribution in [0.2, 0.25) is 0 Å². The SMILES string of the molecule is CC(C)(C)n1nnnc1-n1cccn1. The average Bonchev–Trinajstić information content (AvgIpc) is 2.73. The molecule has 6 heteroatoms. The van der Waals surface area contributed by atoms with E-state index in [1.165, 1.54) is 0 Å². The molecule has 0 N–H and O–H groups in total. The van der Waals surface area contributed by atoms with Crippen LogP contribution in [0.1, 0.15) is 20.8 Å². The van der Waals surface area contributed by atoms with Gasteiger partial charge in [-0.3, -0.25) is 0 Å². The predicted molar refractivity (Wildman–Crippen MR) is 49.9 cm³/mol. The van der Waals surface area contributed by atoms with Gasteiger partial charge >= 0.3 is 0 Å². The molecule has 0 aliphatic rings. The van der Waals surface area contributed by atoms with Gasteiger partial charge in [-0.25, -0.2) is 9.36 Å². The van der Waals surface area contributed by atoms with Gasteiger partial charge in [-0.1, -0.05) is 5.10 Å². The first-order chi connectivity index (χ1) is 6.59. The zero-order chi connectivity index (χ0) is 10.2. The molecule has 0 fully saturated rings. The van der Waals surface area contributed by atoms with Gasteiger partial charge in [0.25, 0.3) is 5.95 Å². The lowest BCUT2D eigenvalue weighted by Gasteiger charge is -2.19. The van der Waals surface area contributed by atoms with Gasteiger partial charge in [-0.15, -0.1) is 0 Å². The summed E-state index contributed by atoms with van der Waals surface area (Å²) >= 11 is 0. The normalized spacial score (nSPS) is 11.9. The van der Waals surface area contributed by atoms with Crippen LogP contribution in [-0.4, -0.2) is 30.0 Å². The number of rotatable bonds is 1. The molecule has 0 aromatic carbocycles. The number of aromatic nitrogens is 6. The summed E-state index contributed by atoms with van der Waals surface area (Å²) in [6.07, 6.45) is 3.51. The third-order valence-corrected chi connectivity index (χ3v) is 1.80. The summed E-state index contributed by atoms with van der Waals surface area (Å²) in [5, 5.41) is 15.6. The van der Waals surface area contributed by atoms with E-state index in [0.717, 1.165) is 0 Å². The smallest absolute Gasteiger partial charge is 0.205 e. The Labute approximate surface area is 81.5 Å². The Morgan fingerprint density at radius 3 is 2.64 bits per heavy atom. The van der Waals surface area contributed by atoms with E-state index in [9.17, 15) is 0 Å². The van der Waals surface area contributed by atoms with Crippen molar-refractivity contribution in [1.82, 2.24) is 30.0 Å². The van der Waals surface area contributed by atoms with Crippen LogP contribution in [0.3, 0.4) is 0 Å². The summed E-state index contributed by atoms with van der Waals surface area (Å²) < 4.78 is 3.38. The van der Waals surface area contributed by atoms with E-state index in [-0.39, 0.29) is 5.54 Å². The van der Waals surface area contributed by atoms with Gasteiger partial charge in [0.15, 0.2) is 0 Å². The molecule has 0 atom stereocenters. The molecule has 0 aliphatic carbocycles. The van der Waals surface area contributed by atoms with Gasteiger partial charge in [0.05, 0.1) is 5.54 Å². The maximum absolute atomic E-state index is 4.09. The molecule has 0 spiro atoms. The Hall–Kier alpha value is -1.72. The first-order valence-corrected chi connectivity index (χ1v) is 4.38. The van der Waals surface area contributed by atoms with Crippen molar-refractivity contribution >= 4 is 0 Å². The second-order valence-corrected chi connectivity index (χ2v) is 4.01. The lowest BCUT2D eigenvalue weighted by molar-refractivity contribution is 0.341. The largest absolute Gasteiger partial charge is 0.270 e. The Balaban J connectivity index is 2.51. The second-order valence-electron chi connectivity index (χ2n) is 4.01. The molecule has 0 amide bonds. The van der Waals surface area contributed by atoms with Gasteiger partial charge in [0, 0.05) is 12.4 Å². The van der Waals surface area contributed by atoms with Crippen molar-refractivity contribution in [2.45, 2.75) is 26.3 Å². The molecular weight excluding hydrogens is 180 g/mol. The number of tetrazole rings is 1. The topological polar surface area (TPSA) is 61.4 Å². The van der Waals surface area contributed by atoms with Gasteiger partial charge < -0.3 is 0 Å². The maximum Gasteiger partial charge on any atom is 0.270 e. The molecule has 6 nitrogen and oxygen atoms in total. The highest BCUT2D eigenvalue weighted by Gasteiger charge is 2.20. The monoisotopic (exact) mass is 192 g/mol. The fourth-order valence-electron chi connectivity index (χ4n) is 1.15. The molecule has 14 heavy (non-hydrogen) atoms. The quantitative estimate of drug-likeness (QED) is 0.664. The summed E-state index contributed by atoms with van der Waals surface area (Å²) in [6, 6.07) is 1.84. The molecule has 2 heterocycles. The Morgan fingerprint density at radius 2 is 2.07 bits per heavy atom. The standard InChI is InChI=1S/C8H12N6/c1-8(2,3)14-7(10-11-12-14)13-6-4-5-9-13/h4-6H,1-3H3. The Bertz CT molecular complexity index is 407. The van der Waals surface area contributed by atoms with Crippen molar-refractivity contribution < 1.29 is 0 Å². The first-order valence-electron chi connectivity index (χ1n) is 4.38. The van der Waals surface area contributed by atoms with Crippen LogP contribution in [0.5, 0.6) is 0 Å². The minimum Gasteiger partial charge on any atom is -0.205 e. The van der Waals surface area contributed by atoms with Gasteiger partial charge in [0.2, 0.25) is 0 Å². The molecule has 0 saturated carbocycles. The molecular formula is C8H12N6. The number of hydrogen-bond donors (Lipinski definition) is 0. The van der Waals surface area contributed by atoms with E-state index >= 15 is 0 Å². The molecule has 2 rings (SSSR count). The number of hydrogen-bond acceptors (Lipinski definition) is 4. The van der Waals surface area contributed by atoms with Crippen molar-refractivity contribution in [2.24, 2.45) is 0 Å². The van der Waals surface area contributed by atoms with E-state index in [4.69, 9.17) is 0 Å². The van der Waals surface area contributed by atoms with E-state index in [1.807, 2.05) is 33.0 Å². The molecule has 2 aromatic rings. The molecule has 74 valence electrons. The zero-order valence-corrected chi connectivity index (χ0v) is 8.42. The van der Waals surface area contributed by atoms with Crippen LogP contribution >= 0.6 is 0 Å². The second kappa shape index (κ2) is 2.90. The average molecular weight is 192 g/mol. The molecule has 0 unspecified atom stereocenters. The van der Waals surface area contributed by atoms with E-state index in [0.29, 0.717) is 5.95 Å². The minimum absolute atomic E-state index is 0.148. The number of nitrogens with zero attached hydrogens (tertiary/aromatic N) is 6. The molecule has 0 aliphatic heterocycles. The summed E-state index contributed by atoms with van der Waals surface area (Å²) in [5.74, 6) is 0.627. The van der Waals surface area contributed by atoms with Crippen molar-refractivity contribution in [2.75, 3.05) is 0 Å². The van der Waals surface area contributed by atoms with Crippen LogP contribution in [0.4, 0.5) is 0 Å². The van der Waals surface area contributed by atoms with Crippen LogP contribution in [0, 0.1) is 0 Å². The molecule has 2 aromatic heterocycles. The van der Waals surface area contributed by atoms with Crippen molar-refractivity contribution in [3.05, 3.63) is 18.5 Å². The highest BCUT2D eigenvalue weighted by Crippen LogP contribution is 2.14. The highest BCUT2D eigenvalue weighted by molar-refractivity contribution is 5.07. The Kier molecular flexibility index (Phi) is 1.83. The van der Waals surface area contributed by atoms with Gasteiger partial charge in [-0.2, -0.15) is 5.10 Å². The van der Waals surface area contributed by atoms with Crippen LogP contribution in [-0.2, 0) is 5.54 Å². The fourth-order valence-corrected chi connectivity index (χ4v) is 1.15. The third kappa shape index (κ3) is 1.39. The summed E-state index contributed by atoms with van der Waals surface area (Å²) in [7, 11) is 0. The van der Waals surface area contributed by atoms with E-state index in [1.54, 1.807) is 15.6 Å². The highest BCUT2D eigenvalue weighted by atomic mass is 15.6. The lowest BCUT2D eigenvalue weighted by Crippen LogP contribution is -2.26. The van der Waals surface area contributed by atoms with E-state index in [2.05, 4.69) is 20.6 Å². The van der Waals surface area contributed by atoms with Crippen molar-refractivity contribution in [3.63, 3.8) is 0 Å². The third-order valence-electron chi connectivity index (χ3n) is 1.80. The van der Waals surface area contributed by atoms with Gasteiger partial charge in [-0.05, 0) is 37.3 Å². The molecule has 0 bridgehead atoms. The van der Waals surface area contributed by atoms with Crippen molar-refractivity contribution in [1.29, 1.82) is 0 Å². The van der Waals surface area contributed by atoms with Crippen molar-refractivity contribution in [3.8, 4) is 5.95 Å². The predicted octanol–water partition coefficient (Wildman–Crippen LogP) is 0.614. The fraction of sp³-hybridized carbons (Fsp3) is 0.500. The maximum atomic E-state index is 4.09. The van der Waals surface area contributed by atoms with Crippen LogP contribution in [0.25, 0.3) is 5.95 Å². The minimum atomic E-state index is -0.148. The summed E-state index contributed by atoms with van der Waals surface area (Å²) in [5.41, 5.74) is -0.148. The van der Waals surface area contributed by atoms with Gasteiger partial charge in [0.1, 0.15) is 0 Å². The van der Waals surface area contributed by atoms with Crippen LogP contribution in [0.15, 0.2) is 18.5 Å². The summed E-state index contributed by atoms with van der Waals surface area (Å²) in [6.45, 7) is 6.11. The lowest BCUT2D eigenvalue weighted by atomic mass is 10.1. The van der Waals surface area contributed by atoms with Crippen LogP contribution < -0.4 is 0 Å². The molecule has 0 saturated heterocycles. The molecule has 0 radical (unpaired) electrons.